The molecule has 1 fully saturated rings. The van der Waals surface area contributed by atoms with Crippen molar-refractivity contribution < 1.29 is 38.7 Å². The van der Waals surface area contributed by atoms with Gasteiger partial charge >= 0.3 is 5.97 Å². The monoisotopic (exact) mass is 985 g/mol. The molecule has 71 heavy (non-hydrogen) atoms. The molecule has 1 saturated heterocycles. The first kappa shape index (κ1) is 55.0. The molecule has 22 heteroatoms. The van der Waals surface area contributed by atoms with E-state index < -0.39 is 89.7 Å². The molecule has 9 atom stereocenters. The lowest BCUT2D eigenvalue weighted by Crippen LogP contribution is -2.60. The van der Waals surface area contributed by atoms with Crippen molar-refractivity contribution in [3.05, 3.63) is 90.5 Å². The van der Waals surface area contributed by atoms with Crippen LogP contribution < -0.4 is 37.6 Å². The summed E-state index contributed by atoms with van der Waals surface area (Å²) >= 11 is 0. The molecule has 3 aromatic heterocycles. The summed E-state index contributed by atoms with van der Waals surface area (Å²) in [6.45, 7) is 11.8. The largest absolute Gasteiger partial charge is 0.480 e. The van der Waals surface area contributed by atoms with E-state index in [1.54, 1.807) is 19.3 Å². The molecule has 5 rings (SSSR count). The van der Waals surface area contributed by atoms with Crippen molar-refractivity contribution in [3.8, 4) is 0 Å². The number of aliphatic carboxylic acids is 1. The maximum Gasteiger partial charge on any atom is 0.326 e. The topological polar surface area (TPSA) is 327 Å². The lowest BCUT2D eigenvalue weighted by atomic mass is 9.95. The van der Waals surface area contributed by atoms with Crippen molar-refractivity contribution in [1.82, 2.24) is 66.7 Å². The number of nitrogens with zero attached hydrogens (tertiary/aromatic N) is 4. The summed E-state index contributed by atoms with van der Waals surface area (Å²) in [4.78, 5) is 119. The van der Waals surface area contributed by atoms with Gasteiger partial charge in [0, 0.05) is 80.5 Å². The van der Waals surface area contributed by atoms with E-state index in [-0.39, 0.29) is 50.0 Å². The highest BCUT2D eigenvalue weighted by atomic mass is 16.4. The highest BCUT2D eigenvalue weighted by Crippen LogP contribution is 2.20. The molecule has 1 aliphatic heterocycles. The van der Waals surface area contributed by atoms with Crippen LogP contribution in [0, 0.1) is 17.8 Å². The van der Waals surface area contributed by atoms with E-state index in [2.05, 4.69) is 61.8 Å². The van der Waals surface area contributed by atoms with Crippen LogP contribution in [0.25, 0.3) is 0 Å². The number of carboxylic acids is 1. The summed E-state index contributed by atoms with van der Waals surface area (Å²) in [6.07, 6.45) is 11.2. The van der Waals surface area contributed by atoms with Crippen LogP contribution in [0.4, 0.5) is 0 Å². The van der Waals surface area contributed by atoms with Gasteiger partial charge in [0.15, 0.2) is 0 Å². The molecule has 0 bridgehead atoms. The molecular weight excluding hydrogens is 913 g/mol. The van der Waals surface area contributed by atoms with Gasteiger partial charge in [-0.1, -0.05) is 78.3 Å². The Labute approximate surface area is 414 Å². The zero-order valence-electron chi connectivity index (χ0n) is 41.4. The van der Waals surface area contributed by atoms with Crippen LogP contribution in [-0.4, -0.2) is 143 Å². The molecule has 0 saturated carbocycles. The number of amides is 6. The van der Waals surface area contributed by atoms with Crippen LogP contribution in [0.5, 0.6) is 0 Å². The Hall–Kier alpha value is -6.94. The fourth-order valence-electron chi connectivity index (χ4n) is 8.65. The molecule has 1 aliphatic rings. The van der Waals surface area contributed by atoms with Gasteiger partial charge in [-0.3, -0.25) is 28.8 Å². The minimum absolute atomic E-state index is 0.0191. The number of imidazole rings is 3. The van der Waals surface area contributed by atoms with E-state index in [0.717, 1.165) is 5.56 Å². The second-order valence-electron chi connectivity index (χ2n) is 19.2. The molecule has 4 aromatic rings. The number of hydrogen-bond donors (Lipinski definition) is 11. The van der Waals surface area contributed by atoms with Crippen molar-refractivity contribution in [2.24, 2.45) is 23.5 Å². The van der Waals surface area contributed by atoms with E-state index in [9.17, 15) is 38.7 Å². The van der Waals surface area contributed by atoms with Gasteiger partial charge < -0.3 is 62.6 Å². The quantitative estimate of drug-likeness (QED) is 0.0373. The highest BCUT2D eigenvalue weighted by Gasteiger charge is 2.39. The number of hydrogen-bond acceptors (Lipinski definition) is 12. The number of carbonyl (C=O) groups is 7. The average Bonchev–Trinajstić information content (AvgIpc) is 4.20. The van der Waals surface area contributed by atoms with E-state index >= 15 is 0 Å². The van der Waals surface area contributed by atoms with Gasteiger partial charge in [0.1, 0.15) is 30.2 Å². The lowest BCUT2D eigenvalue weighted by Gasteiger charge is -2.31. The van der Waals surface area contributed by atoms with Gasteiger partial charge in [-0.05, 0) is 42.6 Å². The van der Waals surface area contributed by atoms with Crippen molar-refractivity contribution >= 4 is 41.4 Å². The molecular formula is C49H72N14O8. The number of aromatic nitrogens is 6. The first-order valence-corrected chi connectivity index (χ1v) is 24.4. The van der Waals surface area contributed by atoms with Gasteiger partial charge in [-0.25, -0.2) is 19.7 Å². The molecule has 0 spiro atoms. The van der Waals surface area contributed by atoms with Crippen molar-refractivity contribution in [3.63, 3.8) is 0 Å². The first-order chi connectivity index (χ1) is 33.9. The lowest BCUT2D eigenvalue weighted by molar-refractivity contribution is -0.142. The summed E-state index contributed by atoms with van der Waals surface area (Å²) in [5.41, 5.74) is 8.82. The molecule has 0 radical (unpaired) electrons. The minimum Gasteiger partial charge on any atom is -0.480 e. The maximum absolute atomic E-state index is 14.5. The van der Waals surface area contributed by atoms with Crippen LogP contribution in [0.15, 0.2) is 67.9 Å². The number of H-pyrrole nitrogens is 3. The number of nitrogens with two attached hydrogens (primary N) is 1. The predicted octanol–water partition coefficient (Wildman–Crippen LogP) is 0.660. The number of carboxylic acid groups (broad SMARTS) is 1. The third-order valence-electron chi connectivity index (χ3n) is 12.7. The van der Waals surface area contributed by atoms with Crippen LogP contribution in [0.1, 0.15) is 89.9 Å². The Morgan fingerprint density at radius 3 is 1.80 bits per heavy atom. The highest BCUT2D eigenvalue weighted by molar-refractivity contribution is 5.95. The second kappa shape index (κ2) is 26.9. The summed E-state index contributed by atoms with van der Waals surface area (Å²) in [5, 5.41) is 27.6. The molecule has 22 nitrogen and oxygen atoms in total. The number of benzene rings is 1. The molecule has 386 valence electrons. The zero-order chi connectivity index (χ0) is 51.6. The fourth-order valence-corrected chi connectivity index (χ4v) is 8.65. The summed E-state index contributed by atoms with van der Waals surface area (Å²) in [7, 11) is 0. The number of nitrogens with one attached hydrogen (secondary N) is 9. The van der Waals surface area contributed by atoms with E-state index in [1.807, 2.05) is 65.0 Å². The number of rotatable bonds is 28. The van der Waals surface area contributed by atoms with E-state index in [1.165, 1.54) is 30.1 Å². The van der Waals surface area contributed by atoms with Crippen molar-refractivity contribution in [2.75, 3.05) is 13.1 Å². The number of carbonyl (C=O) groups excluding carboxylic acids is 6. The summed E-state index contributed by atoms with van der Waals surface area (Å²) in [5.74, 6) is -4.97. The average molecular weight is 985 g/mol. The Balaban J connectivity index is 1.30. The predicted molar refractivity (Wildman–Crippen MR) is 263 cm³/mol. The molecule has 12 N–H and O–H groups in total. The Morgan fingerprint density at radius 2 is 1.25 bits per heavy atom. The third kappa shape index (κ3) is 16.6. The first-order valence-electron chi connectivity index (χ1n) is 24.4. The molecule has 0 aliphatic carbocycles. The fraction of sp³-hybridized carbons (Fsp3) is 0.551. The van der Waals surface area contributed by atoms with Crippen molar-refractivity contribution in [2.45, 2.75) is 141 Å². The molecule has 6 amide bonds. The normalized spacial score (nSPS) is 17.0. The third-order valence-corrected chi connectivity index (χ3v) is 12.7. The standard InChI is InChI=1S/C49H72N14O8/c1-7-30(6)42(47(68)61-39(49(70)71)20-34-23-53-27-57-34)62-46(67)41(29(4)5)54-24-35(16-28(2)3)58-43(64)38(19-33-22-52-26-56-33)59-44(65)37(17-31-12-9-8-10-13-31)60-45(66)40-14-11-15-63(40)48(69)36(50)18-32-21-51-25-55-32/h8-10,12-13,21-23,25-30,35-42,54H,7,11,14-20,24,50H2,1-6H3,(H,51,55)(H,52,56)(H,53,57)(H,58,64)(H,59,65)(H,60,66)(H,61,68)(H,62,67)(H,70,71)/t30?,35?,36-,37-,38-,39-,40-,41-,42-/m0/s1. The van der Waals surface area contributed by atoms with Crippen molar-refractivity contribution in [1.29, 1.82) is 0 Å². The van der Waals surface area contributed by atoms with E-state index in [0.29, 0.717) is 49.3 Å². The molecule has 4 heterocycles. The molecule has 2 unspecified atom stereocenters. The van der Waals surface area contributed by atoms with Gasteiger partial charge in [0.05, 0.1) is 31.1 Å². The van der Waals surface area contributed by atoms with Crippen LogP contribution in [-0.2, 0) is 59.2 Å². The van der Waals surface area contributed by atoms with Gasteiger partial charge in [-0.2, -0.15) is 0 Å². The smallest absolute Gasteiger partial charge is 0.326 e. The van der Waals surface area contributed by atoms with Crippen LogP contribution in [0.3, 0.4) is 0 Å². The van der Waals surface area contributed by atoms with Crippen LogP contribution >= 0.6 is 0 Å². The van der Waals surface area contributed by atoms with Crippen LogP contribution in [0.2, 0.25) is 0 Å². The SMILES string of the molecule is CCC(C)[C@H](NC(=O)[C@@H](NCC(CC(C)C)NC(=O)[C@H](Cc1cnc[nH]1)NC(=O)[C@H](Cc1ccccc1)NC(=O)[C@@H]1CCCN1C(=O)[C@@H](N)Cc1cnc[nH]1)C(C)C)C(=O)N[C@@H](Cc1cnc[nH]1)C(=O)O. The number of aromatic amines is 3. The Bertz CT molecular complexity index is 2310. The maximum atomic E-state index is 14.5. The Kier molecular flexibility index (Phi) is 20.8. The zero-order valence-corrected chi connectivity index (χ0v) is 41.4. The summed E-state index contributed by atoms with van der Waals surface area (Å²) < 4.78 is 0. The van der Waals surface area contributed by atoms with Gasteiger partial charge in [0.2, 0.25) is 35.4 Å². The second-order valence-corrected chi connectivity index (χ2v) is 19.2. The van der Waals surface area contributed by atoms with E-state index in [4.69, 9.17) is 5.73 Å². The van der Waals surface area contributed by atoms with Gasteiger partial charge in [-0.15, -0.1) is 0 Å². The molecule has 1 aromatic carbocycles. The number of likely N-dealkylation sites (tertiary alicyclic amines) is 1. The van der Waals surface area contributed by atoms with Gasteiger partial charge in [0.25, 0.3) is 0 Å². The minimum atomic E-state index is -1.27. The summed E-state index contributed by atoms with van der Waals surface area (Å²) in [6, 6.07) is 1.33. The Morgan fingerprint density at radius 1 is 0.704 bits per heavy atom.